The van der Waals surface area contributed by atoms with Crippen LogP contribution >= 0.6 is 11.8 Å². The highest BCUT2D eigenvalue weighted by molar-refractivity contribution is 8.00. The molecule has 4 rings (SSSR count). The Morgan fingerprint density at radius 3 is 2.31 bits per heavy atom. The number of alkyl halides is 3. The Balaban J connectivity index is 1.72. The number of hydrogen-bond acceptors (Lipinski definition) is 5. The maximum absolute atomic E-state index is 12.5. The number of hydrogen-bond donors (Lipinski definition) is 1. The fourth-order valence-electron chi connectivity index (χ4n) is 2.97. The smallest absolute Gasteiger partial charge is 0.373 e. The van der Waals surface area contributed by atoms with Crippen molar-refractivity contribution in [3.05, 3.63) is 67.0 Å². The molecule has 0 fully saturated rings. The summed E-state index contributed by atoms with van der Waals surface area (Å²) in [6.45, 7) is 0. The third-order valence-corrected chi connectivity index (χ3v) is 5.01. The number of benzene rings is 2. The molecule has 146 valence electrons. The average molecular weight is 412 g/mol. The molecular formula is C21H15F3N4S. The fraction of sp³-hybridized carbons (Fsp3) is 0.0952. The number of halogens is 3. The predicted octanol–water partition coefficient (Wildman–Crippen LogP) is 6.01. The lowest BCUT2D eigenvalue weighted by atomic mass is 10.0. The second-order valence-electron chi connectivity index (χ2n) is 6.19. The van der Waals surface area contributed by atoms with Gasteiger partial charge in [0.1, 0.15) is 5.82 Å². The summed E-state index contributed by atoms with van der Waals surface area (Å²) in [5, 5.41) is 3.92. The Morgan fingerprint density at radius 1 is 0.897 bits per heavy atom. The summed E-state index contributed by atoms with van der Waals surface area (Å²) in [6, 6.07) is 15.7. The minimum absolute atomic E-state index is 0.122. The van der Waals surface area contributed by atoms with Gasteiger partial charge >= 0.3 is 5.51 Å². The van der Waals surface area contributed by atoms with Crippen LogP contribution in [-0.4, -0.2) is 27.5 Å². The van der Waals surface area contributed by atoms with E-state index in [0.717, 1.165) is 27.6 Å². The van der Waals surface area contributed by atoms with Crippen LogP contribution in [0.5, 0.6) is 0 Å². The van der Waals surface area contributed by atoms with Crippen molar-refractivity contribution in [2.24, 2.45) is 0 Å². The molecule has 29 heavy (non-hydrogen) atoms. The fourth-order valence-corrected chi connectivity index (χ4v) is 3.51. The minimum Gasteiger partial charge on any atom is -0.373 e. The van der Waals surface area contributed by atoms with Crippen molar-refractivity contribution < 1.29 is 13.2 Å². The highest BCUT2D eigenvalue weighted by atomic mass is 32.2. The van der Waals surface area contributed by atoms with Crippen molar-refractivity contribution in [1.82, 2.24) is 15.0 Å². The summed E-state index contributed by atoms with van der Waals surface area (Å²) in [6.07, 6.45) is 3.39. The maximum Gasteiger partial charge on any atom is 0.446 e. The van der Waals surface area contributed by atoms with E-state index in [1.54, 1.807) is 31.6 Å². The van der Waals surface area contributed by atoms with E-state index in [1.165, 1.54) is 12.1 Å². The van der Waals surface area contributed by atoms with Gasteiger partial charge in [-0.1, -0.05) is 18.2 Å². The van der Waals surface area contributed by atoms with Crippen molar-refractivity contribution >= 4 is 28.5 Å². The van der Waals surface area contributed by atoms with Gasteiger partial charge in [-0.05, 0) is 59.3 Å². The van der Waals surface area contributed by atoms with E-state index >= 15 is 0 Å². The van der Waals surface area contributed by atoms with Crippen LogP contribution in [0, 0.1) is 0 Å². The molecule has 0 saturated carbocycles. The average Bonchev–Trinajstić information content (AvgIpc) is 2.72. The lowest BCUT2D eigenvalue weighted by Crippen LogP contribution is -1.99. The molecule has 0 radical (unpaired) electrons. The zero-order chi connectivity index (χ0) is 20.4. The Morgan fingerprint density at radius 2 is 1.66 bits per heavy atom. The molecule has 2 aromatic carbocycles. The first-order valence-electron chi connectivity index (χ1n) is 8.69. The second kappa shape index (κ2) is 7.71. The second-order valence-corrected chi connectivity index (χ2v) is 7.33. The third kappa shape index (κ3) is 4.32. The maximum atomic E-state index is 12.5. The van der Waals surface area contributed by atoms with Gasteiger partial charge in [0.2, 0.25) is 0 Å². The van der Waals surface area contributed by atoms with Crippen LogP contribution in [0.25, 0.3) is 33.4 Å². The van der Waals surface area contributed by atoms with Gasteiger partial charge in [0, 0.05) is 35.3 Å². The van der Waals surface area contributed by atoms with Crippen LogP contribution in [0.15, 0.2) is 71.9 Å². The van der Waals surface area contributed by atoms with Crippen LogP contribution in [0.2, 0.25) is 0 Å². The van der Waals surface area contributed by atoms with E-state index in [1.807, 2.05) is 30.3 Å². The number of anilines is 1. The van der Waals surface area contributed by atoms with Crippen molar-refractivity contribution in [2.75, 3.05) is 12.4 Å². The molecular weight excluding hydrogens is 397 g/mol. The van der Waals surface area contributed by atoms with Crippen LogP contribution in [0.1, 0.15) is 0 Å². The number of fused-ring (bicyclic) bond motifs is 1. The standard InChI is InChI=1S/C21H15F3N4S/c1-25-20-17-11-14(13-4-7-16(8-5-13)29-21(22,23)24)6-9-18(17)27-19(28-20)15-3-2-10-26-12-15/h2-12H,1H3,(H,25,27,28). The first-order valence-corrected chi connectivity index (χ1v) is 9.51. The molecule has 0 aliphatic heterocycles. The SMILES string of the molecule is CNc1nc(-c2cccnc2)nc2ccc(-c3ccc(SC(F)(F)F)cc3)cc12. The number of rotatable bonds is 4. The summed E-state index contributed by atoms with van der Waals surface area (Å²) in [5.41, 5.74) is -1.04. The van der Waals surface area contributed by atoms with Gasteiger partial charge in [0.05, 0.1) is 5.52 Å². The van der Waals surface area contributed by atoms with Gasteiger partial charge < -0.3 is 5.32 Å². The summed E-state index contributed by atoms with van der Waals surface area (Å²) >= 11 is -0.122. The molecule has 2 aromatic heterocycles. The molecule has 0 bridgehead atoms. The molecule has 0 unspecified atom stereocenters. The van der Waals surface area contributed by atoms with Gasteiger partial charge in [-0.25, -0.2) is 9.97 Å². The van der Waals surface area contributed by atoms with Crippen molar-refractivity contribution in [3.8, 4) is 22.5 Å². The molecule has 0 atom stereocenters. The van der Waals surface area contributed by atoms with Gasteiger partial charge in [0.25, 0.3) is 0 Å². The molecule has 0 aliphatic carbocycles. The number of nitrogens with zero attached hydrogens (tertiary/aromatic N) is 3. The van der Waals surface area contributed by atoms with E-state index in [4.69, 9.17) is 0 Å². The first-order chi connectivity index (χ1) is 13.9. The van der Waals surface area contributed by atoms with Crippen LogP contribution in [0.3, 0.4) is 0 Å². The summed E-state index contributed by atoms with van der Waals surface area (Å²) in [7, 11) is 1.78. The molecule has 8 heteroatoms. The van der Waals surface area contributed by atoms with E-state index < -0.39 is 5.51 Å². The lowest BCUT2D eigenvalue weighted by Gasteiger charge is -2.11. The predicted molar refractivity (Wildman–Crippen MR) is 110 cm³/mol. The molecule has 0 amide bonds. The summed E-state index contributed by atoms with van der Waals surface area (Å²) in [4.78, 5) is 13.5. The van der Waals surface area contributed by atoms with Crippen LogP contribution in [-0.2, 0) is 0 Å². The number of nitrogens with one attached hydrogen (secondary N) is 1. The monoisotopic (exact) mass is 412 g/mol. The zero-order valence-corrected chi connectivity index (χ0v) is 16.1. The van der Waals surface area contributed by atoms with Crippen molar-refractivity contribution in [1.29, 1.82) is 0 Å². The molecule has 0 spiro atoms. The number of aromatic nitrogens is 3. The normalized spacial score (nSPS) is 11.6. The highest BCUT2D eigenvalue weighted by Crippen LogP contribution is 2.37. The van der Waals surface area contributed by atoms with Crippen LogP contribution in [0.4, 0.5) is 19.0 Å². The Labute approximate surface area is 169 Å². The number of thioether (sulfide) groups is 1. The Bertz CT molecular complexity index is 1150. The minimum atomic E-state index is -4.30. The van der Waals surface area contributed by atoms with Gasteiger partial charge in [-0.3, -0.25) is 4.98 Å². The largest absolute Gasteiger partial charge is 0.446 e. The van der Waals surface area contributed by atoms with E-state index in [9.17, 15) is 13.2 Å². The topological polar surface area (TPSA) is 50.7 Å². The van der Waals surface area contributed by atoms with Crippen LogP contribution < -0.4 is 5.32 Å². The van der Waals surface area contributed by atoms with E-state index in [-0.39, 0.29) is 16.7 Å². The van der Waals surface area contributed by atoms with Gasteiger partial charge in [-0.2, -0.15) is 13.2 Å². The molecule has 0 aliphatic rings. The van der Waals surface area contributed by atoms with Crippen molar-refractivity contribution in [2.45, 2.75) is 10.4 Å². The Kier molecular flexibility index (Phi) is 5.10. The first kappa shape index (κ1) is 19.2. The molecule has 4 nitrogen and oxygen atoms in total. The molecule has 1 N–H and O–H groups in total. The molecule has 2 heterocycles. The quantitative estimate of drug-likeness (QED) is 0.416. The summed E-state index contributed by atoms with van der Waals surface area (Å²) < 4.78 is 37.5. The molecule has 4 aromatic rings. The third-order valence-electron chi connectivity index (χ3n) is 4.27. The lowest BCUT2D eigenvalue weighted by molar-refractivity contribution is -0.0328. The van der Waals surface area contributed by atoms with E-state index in [2.05, 4.69) is 20.3 Å². The van der Waals surface area contributed by atoms with Crippen molar-refractivity contribution in [3.63, 3.8) is 0 Å². The summed E-state index contributed by atoms with van der Waals surface area (Å²) in [5.74, 6) is 1.23. The van der Waals surface area contributed by atoms with Gasteiger partial charge in [0.15, 0.2) is 5.82 Å². The number of pyridine rings is 1. The molecule has 0 saturated heterocycles. The van der Waals surface area contributed by atoms with E-state index in [0.29, 0.717) is 11.6 Å². The highest BCUT2D eigenvalue weighted by Gasteiger charge is 2.29. The Hall–Kier alpha value is -3.13. The zero-order valence-electron chi connectivity index (χ0n) is 15.2. The van der Waals surface area contributed by atoms with Gasteiger partial charge in [-0.15, -0.1) is 0 Å².